The molecule has 0 spiro atoms. The van der Waals surface area contributed by atoms with E-state index in [1.807, 2.05) is 78.9 Å². The fraction of sp³-hybridized carbons (Fsp3) is 0.200. The number of ether oxygens (including phenoxy) is 1. The lowest BCUT2D eigenvalue weighted by molar-refractivity contribution is -0.143. The Hall–Kier alpha value is -3.16. The zero-order valence-electron chi connectivity index (χ0n) is 17.4. The molecule has 7 heteroatoms. The third kappa shape index (κ3) is 3.47. The van der Waals surface area contributed by atoms with Gasteiger partial charge in [0.05, 0.1) is 25.4 Å². The first kappa shape index (κ1) is 20.7. The van der Waals surface area contributed by atoms with Crippen molar-refractivity contribution in [1.29, 1.82) is 0 Å². The summed E-state index contributed by atoms with van der Waals surface area (Å²) in [4.78, 5) is 34.4. The number of hydrogen-bond donors (Lipinski definition) is 0. The highest BCUT2D eigenvalue weighted by Gasteiger charge is 2.60. The van der Waals surface area contributed by atoms with Crippen molar-refractivity contribution in [1.82, 2.24) is 4.90 Å². The van der Waals surface area contributed by atoms with Crippen LogP contribution in [0.3, 0.4) is 0 Å². The fourth-order valence-corrected chi connectivity index (χ4v) is 4.82. The van der Waals surface area contributed by atoms with Gasteiger partial charge in [-0.25, -0.2) is 5.06 Å². The maximum Gasteiger partial charge on any atom is 0.262 e. The van der Waals surface area contributed by atoms with Gasteiger partial charge in [-0.1, -0.05) is 64.5 Å². The monoisotopic (exact) mass is 492 g/mol. The Labute approximate surface area is 194 Å². The highest BCUT2D eigenvalue weighted by Crippen LogP contribution is 2.49. The summed E-state index contributed by atoms with van der Waals surface area (Å²) in [6, 6.07) is 24.1. The number of amides is 2. The molecular formula is C25H21BrN2O4. The lowest BCUT2D eigenvalue weighted by atomic mass is 9.90. The second-order valence-corrected chi connectivity index (χ2v) is 8.71. The Kier molecular flexibility index (Phi) is 5.45. The summed E-state index contributed by atoms with van der Waals surface area (Å²) >= 11 is 3.53. The summed E-state index contributed by atoms with van der Waals surface area (Å²) in [5, 5.41) is 1.68. The van der Waals surface area contributed by atoms with Gasteiger partial charge in [-0.05, 0) is 35.9 Å². The predicted molar refractivity (Wildman–Crippen MR) is 123 cm³/mol. The first-order chi connectivity index (χ1) is 15.6. The molecule has 162 valence electrons. The molecule has 0 radical (unpaired) electrons. The molecular weight excluding hydrogens is 472 g/mol. The van der Waals surface area contributed by atoms with E-state index in [0.717, 1.165) is 21.3 Å². The number of imide groups is 1. The number of rotatable bonds is 5. The summed E-state index contributed by atoms with van der Waals surface area (Å²) in [6.45, 7) is 0.225. The number of para-hydroxylation sites is 1. The summed E-state index contributed by atoms with van der Waals surface area (Å²) in [7, 11) is 1.59. The molecule has 0 bridgehead atoms. The van der Waals surface area contributed by atoms with Crippen molar-refractivity contribution < 1.29 is 19.2 Å². The molecule has 0 aliphatic carbocycles. The molecule has 0 aromatic heterocycles. The van der Waals surface area contributed by atoms with Gasteiger partial charge in [0, 0.05) is 10.0 Å². The average molecular weight is 493 g/mol. The van der Waals surface area contributed by atoms with E-state index in [1.54, 1.807) is 12.2 Å². The molecule has 2 aliphatic rings. The predicted octanol–water partition coefficient (Wildman–Crippen LogP) is 4.50. The standard InChI is InChI=1S/C25H21BrN2O4/c1-31-20-13-12-17(26)14-19(20)22-21-23(32-28(22)18-10-6-3-7-11-18)25(30)27(24(21)29)15-16-8-4-2-5-9-16/h2-14,21-23H,15H2,1H3/t21-,22+,23-/m0/s1. The highest BCUT2D eigenvalue weighted by molar-refractivity contribution is 9.10. The summed E-state index contributed by atoms with van der Waals surface area (Å²) in [5.74, 6) is -0.615. The second-order valence-electron chi connectivity index (χ2n) is 7.79. The van der Waals surface area contributed by atoms with Crippen LogP contribution in [0.4, 0.5) is 5.69 Å². The van der Waals surface area contributed by atoms with E-state index in [0.29, 0.717) is 5.75 Å². The lowest BCUT2D eigenvalue weighted by Crippen LogP contribution is -2.37. The molecule has 2 fully saturated rings. The quantitative estimate of drug-likeness (QED) is 0.490. The Bertz CT molecular complexity index is 1160. The van der Waals surface area contributed by atoms with Crippen molar-refractivity contribution in [2.45, 2.75) is 18.7 Å². The van der Waals surface area contributed by atoms with Crippen LogP contribution in [0.5, 0.6) is 5.75 Å². The Morgan fingerprint density at radius 1 is 0.938 bits per heavy atom. The minimum Gasteiger partial charge on any atom is -0.496 e. The van der Waals surface area contributed by atoms with E-state index in [4.69, 9.17) is 9.57 Å². The van der Waals surface area contributed by atoms with Crippen LogP contribution in [-0.4, -0.2) is 29.9 Å². The lowest BCUT2D eigenvalue weighted by Gasteiger charge is -2.29. The van der Waals surface area contributed by atoms with Crippen molar-refractivity contribution in [2.75, 3.05) is 12.2 Å². The third-order valence-corrected chi connectivity index (χ3v) is 6.40. The topological polar surface area (TPSA) is 59.1 Å². The molecule has 2 saturated heterocycles. The molecule has 3 aromatic rings. The van der Waals surface area contributed by atoms with Gasteiger partial charge in [-0.3, -0.25) is 19.3 Å². The van der Waals surface area contributed by atoms with E-state index in [-0.39, 0.29) is 18.4 Å². The Morgan fingerprint density at radius 3 is 2.31 bits per heavy atom. The van der Waals surface area contributed by atoms with Crippen LogP contribution in [0.1, 0.15) is 17.2 Å². The van der Waals surface area contributed by atoms with Crippen molar-refractivity contribution in [2.24, 2.45) is 5.92 Å². The van der Waals surface area contributed by atoms with E-state index >= 15 is 0 Å². The van der Waals surface area contributed by atoms with E-state index < -0.39 is 18.1 Å². The smallest absolute Gasteiger partial charge is 0.262 e. The minimum atomic E-state index is -0.889. The van der Waals surface area contributed by atoms with Crippen LogP contribution < -0.4 is 9.80 Å². The number of fused-ring (bicyclic) bond motifs is 1. The Morgan fingerprint density at radius 2 is 1.62 bits per heavy atom. The highest BCUT2D eigenvalue weighted by atomic mass is 79.9. The van der Waals surface area contributed by atoms with E-state index in [1.165, 1.54) is 4.90 Å². The minimum absolute atomic E-state index is 0.225. The first-order valence-electron chi connectivity index (χ1n) is 10.3. The van der Waals surface area contributed by atoms with Crippen LogP contribution in [0.15, 0.2) is 83.3 Å². The van der Waals surface area contributed by atoms with E-state index in [2.05, 4.69) is 15.9 Å². The maximum absolute atomic E-state index is 13.6. The zero-order chi connectivity index (χ0) is 22.2. The number of carbonyl (C=O) groups is 2. The number of hydroxylamine groups is 1. The Balaban J connectivity index is 1.58. The van der Waals surface area contributed by atoms with Crippen molar-refractivity contribution >= 4 is 33.4 Å². The summed E-state index contributed by atoms with van der Waals surface area (Å²) in [5.41, 5.74) is 2.44. The molecule has 3 aromatic carbocycles. The summed E-state index contributed by atoms with van der Waals surface area (Å²) < 4.78 is 6.47. The van der Waals surface area contributed by atoms with Crippen LogP contribution in [0.25, 0.3) is 0 Å². The SMILES string of the molecule is COc1ccc(Br)cc1[C@@H]1[C@@H]2C(=O)N(Cc3ccccc3)C(=O)[C@H]2ON1c1ccccc1. The molecule has 3 atom stereocenters. The fourth-order valence-electron chi connectivity index (χ4n) is 4.44. The van der Waals surface area contributed by atoms with Gasteiger partial charge < -0.3 is 4.74 Å². The average Bonchev–Trinajstić information content (AvgIpc) is 3.32. The third-order valence-electron chi connectivity index (χ3n) is 5.91. The number of carbonyl (C=O) groups excluding carboxylic acids is 2. The normalized spacial score (nSPS) is 22.4. The molecule has 2 amide bonds. The molecule has 2 aliphatic heterocycles. The van der Waals surface area contributed by atoms with Crippen LogP contribution in [0.2, 0.25) is 0 Å². The number of benzene rings is 3. The molecule has 0 saturated carbocycles. The van der Waals surface area contributed by atoms with Crippen LogP contribution in [0, 0.1) is 5.92 Å². The number of hydrogen-bond acceptors (Lipinski definition) is 5. The van der Waals surface area contributed by atoms with E-state index in [9.17, 15) is 9.59 Å². The van der Waals surface area contributed by atoms with Crippen molar-refractivity contribution in [3.05, 3.63) is 94.5 Å². The number of methoxy groups -OCH3 is 1. The van der Waals surface area contributed by atoms with Gasteiger partial charge in [-0.2, -0.15) is 0 Å². The maximum atomic E-state index is 13.6. The number of halogens is 1. The van der Waals surface area contributed by atoms with Crippen molar-refractivity contribution in [3.8, 4) is 5.75 Å². The van der Waals surface area contributed by atoms with Crippen molar-refractivity contribution in [3.63, 3.8) is 0 Å². The second kappa shape index (κ2) is 8.41. The number of nitrogens with zero attached hydrogens (tertiary/aromatic N) is 2. The van der Waals surface area contributed by atoms with Gasteiger partial charge in [0.15, 0.2) is 6.10 Å². The number of likely N-dealkylation sites (tertiary alicyclic amines) is 1. The van der Waals surface area contributed by atoms with Crippen LogP contribution in [-0.2, 0) is 21.0 Å². The number of anilines is 1. The van der Waals surface area contributed by atoms with Gasteiger partial charge in [0.1, 0.15) is 11.7 Å². The van der Waals surface area contributed by atoms with Crippen LogP contribution >= 0.6 is 15.9 Å². The van der Waals surface area contributed by atoms with Gasteiger partial charge in [0.2, 0.25) is 5.91 Å². The molecule has 32 heavy (non-hydrogen) atoms. The molecule has 2 heterocycles. The van der Waals surface area contributed by atoms with Gasteiger partial charge >= 0.3 is 0 Å². The molecule has 6 nitrogen and oxygen atoms in total. The zero-order valence-corrected chi connectivity index (χ0v) is 18.9. The van der Waals surface area contributed by atoms with Gasteiger partial charge in [-0.15, -0.1) is 0 Å². The molecule has 0 unspecified atom stereocenters. The summed E-state index contributed by atoms with van der Waals surface area (Å²) in [6.07, 6.45) is -0.889. The molecule has 5 rings (SSSR count). The van der Waals surface area contributed by atoms with Gasteiger partial charge in [0.25, 0.3) is 5.91 Å². The largest absolute Gasteiger partial charge is 0.496 e. The first-order valence-corrected chi connectivity index (χ1v) is 11.1. The molecule has 0 N–H and O–H groups in total.